The van der Waals surface area contributed by atoms with E-state index in [1.54, 1.807) is 13.2 Å². The van der Waals surface area contributed by atoms with Gasteiger partial charge >= 0.3 is 0 Å². The van der Waals surface area contributed by atoms with E-state index < -0.39 is 0 Å². The van der Waals surface area contributed by atoms with Gasteiger partial charge in [0.05, 0.1) is 18.7 Å². The summed E-state index contributed by atoms with van der Waals surface area (Å²) in [5, 5.41) is 9.02. The van der Waals surface area contributed by atoms with E-state index in [1.807, 2.05) is 12.1 Å². The van der Waals surface area contributed by atoms with Crippen LogP contribution in [0.4, 0.5) is 0 Å². The molecule has 1 aliphatic carbocycles. The Morgan fingerprint density at radius 2 is 1.90 bits per heavy atom. The summed E-state index contributed by atoms with van der Waals surface area (Å²) in [7, 11) is 1.64. The zero-order valence-electron chi connectivity index (χ0n) is 11.3. The van der Waals surface area contributed by atoms with Gasteiger partial charge in [0.15, 0.2) is 0 Å². The van der Waals surface area contributed by atoms with Gasteiger partial charge in [0.25, 0.3) is 0 Å². The van der Waals surface area contributed by atoms with Crippen LogP contribution in [0.25, 0.3) is 11.1 Å². The maximum absolute atomic E-state index is 9.02. The second-order valence-corrected chi connectivity index (χ2v) is 5.15. The van der Waals surface area contributed by atoms with E-state index in [2.05, 4.69) is 30.3 Å². The van der Waals surface area contributed by atoms with Gasteiger partial charge in [-0.05, 0) is 35.7 Å². The molecule has 3 nitrogen and oxygen atoms in total. The quantitative estimate of drug-likeness (QED) is 0.926. The van der Waals surface area contributed by atoms with E-state index in [-0.39, 0.29) is 0 Å². The Kier molecular flexibility index (Phi) is 3.17. The third-order valence-corrected chi connectivity index (χ3v) is 3.82. The highest BCUT2D eigenvalue weighted by atomic mass is 16.5. The summed E-state index contributed by atoms with van der Waals surface area (Å²) in [6, 6.07) is 16.3. The highest BCUT2D eigenvalue weighted by Crippen LogP contribution is 2.40. The van der Waals surface area contributed by atoms with Crippen LogP contribution in [0.15, 0.2) is 42.5 Å². The number of hydrogen-bond acceptors (Lipinski definition) is 3. The van der Waals surface area contributed by atoms with E-state index in [0.29, 0.717) is 17.5 Å². The molecule has 2 aromatic carbocycles. The first-order chi connectivity index (χ1) is 9.72. The minimum absolute atomic E-state index is 0.317. The predicted molar refractivity (Wildman–Crippen MR) is 78.5 cm³/mol. The summed E-state index contributed by atoms with van der Waals surface area (Å²) >= 11 is 0. The third kappa shape index (κ3) is 2.26. The average Bonchev–Trinajstić information content (AvgIpc) is 3.23. The van der Waals surface area contributed by atoms with Crippen molar-refractivity contribution in [2.24, 2.45) is 5.73 Å². The molecule has 1 saturated carbocycles. The van der Waals surface area contributed by atoms with Crippen LogP contribution in [-0.4, -0.2) is 13.2 Å². The fourth-order valence-corrected chi connectivity index (χ4v) is 2.51. The molecule has 2 unspecified atom stereocenters. The number of nitriles is 1. The molecule has 0 radical (unpaired) electrons. The van der Waals surface area contributed by atoms with Crippen molar-refractivity contribution in [1.82, 2.24) is 0 Å². The van der Waals surface area contributed by atoms with Crippen molar-refractivity contribution in [3.63, 3.8) is 0 Å². The molecule has 0 bridgehead atoms. The van der Waals surface area contributed by atoms with Gasteiger partial charge in [-0.25, -0.2) is 0 Å². The molecule has 20 heavy (non-hydrogen) atoms. The largest absolute Gasteiger partial charge is 0.496 e. The van der Waals surface area contributed by atoms with Crippen molar-refractivity contribution in [3.05, 3.63) is 53.6 Å². The number of methoxy groups -OCH3 is 1. The first-order valence-corrected chi connectivity index (χ1v) is 6.67. The molecule has 2 N–H and O–H groups in total. The molecule has 2 aromatic rings. The third-order valence-electron chi connectivity index (χ3n) is 3.82. The Morgan fingerprint density at radius 3 is 2.45 bits per heavy atom. The second-order valence-electron chi connectivity index (χ2n) is 5.15. The van der Waals surface area contributed by atoms with Crippen molar-refractivity contribution in [3.8, 4) is 22.9 Å². The van der Waals surface area contributed by atoms with Gasteiger partial charge in [0.2, 0.25) is 0 Å². The summed E-state index contributed by atoms with van der Waals surface area (Å²) in [5.74, 6) is 1.29. The summed E-state index contributed by atoms with van der Waals surface area (Å²) in [5.41, 5.74) is 9.79. The zero-order chi connectivity index (χ0) is 14.1. The number of rotatable bonds is 3. The van der Waals surface area contributed by atoms with Crippen molar-refractivity contribution >= 4 is 0 Å². The smallest absolute Gasteiger partial charge is 0.126 e. The standard InChI is InChI=1S/C17H16N2O/c1-20-17-7-2-11(10-18)8-15(17)13-5-3-12(4-6-13)14-9-16(14)19/h2-8,14,16H,9,19H2,1H3. The number of benzene rings is 2. The zero-order valence-corrected chi connectivity index (χ0v) is 11.3. The topological polar surface area (TPSA) is 59.0 Å². The molecular weight excluding hydrogens is 248 g/mol. The number of ether oxygens (including phenoxy) is 1. The lowest BCUT2D eigenvalue weighted by molar-refractivity contribution is 0.416. The van der Waals surface area contributed by atoms with Crippen LogP contribution in [0.5, 0.6) is 5.75 Å². The van der Waals surface area contributed by atoms with Crippen LogP contribution >= 0.6 is 0 Å². The van der Waals surface area contributed by atoms with Crippen molar-refractivity contribution in [2.45, 2.75) is 18.4 Å². The van der Waals surface area contributed by atoms with Crippen molar-refractivity contribution in [2.75, 3.05) is 7.11 Å². The fraction of sp³-hybridized carbons (Fsp3) is 0.235. The molecular formula is C17H16N2O. The molecule has 0 heterocycles. The Labute approximate surface area is 118 Å². The highest BCUT2D eigenvalue weighted by Gasteiger charge is 2.34. The Hall–Kier alpha value is -2.31. The van der Waals surface area contributed by atoms with Crippen molar-refractivity contribution < 1.29 is 4.74 Å². The van der Waals surface area contributed by atoms with Crippen LogP contribution in [0, 0.1) is 11.3 Å². The molecule has 0 spiro atoms. The van der Waals surface area contributed by atoms with Crippen LogP contribution < -0.4 is 10.5 Å². The fourth-order valence-electron chi connectivity index (χ4n) is 2.51. The van der Waals surface area contributed by atoms with Crippen LogP contribution in [0.3, 0.4) is 0 Å². The first-order valence-electron chi connectivity index (χ1n) is 6.67. The molecule has 1 fully saturated rings. The number of nitrogens with zero attached hydrogens (tertiary/aromatic N) is 1. The first kappa shape index (κ1) is 12.7. The average molecular weight is 264 g/mol. The minimum Gasteiger partial charge on any atom is -0.496 e. The lowest BCUT2D eigenvalue weighted by atomic mass is 9.99. The Balaban J connectivity index is 1.97. The maximum Gasteiger partial charge on any atom is 0.126 e. The molecule has 0 saturated heterocycles. The maximum atomic E-state index is 9.02. The highest BCUT2D eigenvalue weighted by molar-refractivity contribution is 5.72. The van der Waals surface area contributed by atoms with Crippen LogP contribution in [0.1, 0.15) is 23.5 Å². The molecule has 1 aliphatic rings. The predicted octanol–water partition coefficient (Wildman–Crippen LogP) is 3.05. The number of hydrogen-bond donors (Lipinski definition) is 1. The molecule has 0 aromatic heterocycles. The summed E-state index contributed by atoms with van der Waals surface area (Å²) in [6.07, 6.45) is 1.08. The van der Waals surface area contributed by atoms with E-state index in [4.69, 9.17) is 15.7 Å². The monoisotopic (exact) mass is 264 g/mol. The second kappa shape index (κ2) is 4.99. The van der Waals surface area contributed by atoms with Gasteiger partial charge in [0, 0.05) is 17.5 Å². The molecule has 0 amide bonds. The van der Waals surface area contributed by atoms with E-state index >= 15 is 0 Å². The Morgan fingerprint density at radius 1 is 1.20 bits per heavy atom. The molecule has 3 rings (SSSR count). The molecule has 3 heteroatoms. The molecule has 2 atom stereocenters. The van der Waals surface area contributed by atoms with E-state index in [1.165, 1.54) is 5.56 Å². The molecule has 0 aliphatic heterocycles. The van der Waals surface area contributed by atoms with Gasteiger partial charge in [-0.1, -0.05) is 24.3 Å². The lowest BCUT2D eigenvalue weighted by Crippen LogP contribution is -2.00. The van der Waals surface area contributed by atoms with Crippen LogP contribution in [0.2, 0.25) is 0 Å². The number of nitrogens with two attached hydrogens (primary N) is 1. The normalized spacial score (nSPS) is 20.2. The van der Waals surface area contributed by atoms with Gasteiger partial charge in [-0.15, -0.1) is 0 Å². The van der Waals surface area contributed by atoms with Gasteiger partial charge < -0.3 is 10.5 Å². The lowest BCUT2D eigenvalue weighted by Gasteiger charge is -2.10. The van der Waals surface area contributed by atoms with E-state index in [9.17, 15) is 0 Å². The molecule has 100 valence electrons. The minimum atomic E-state index is 0.317. The van der Waals surface area contributed by atoms with Gasteiger partial charge in [-0.3, -0.25) is 0 Å². The van der Waals surface area contributed by atoms with E-state index in [0.717, 1.165) is 23.3 Å². The SMILES string of the molecule is COc1ccc(C#N)cc1-c1ccc(C2CC2N)cc1. The Bertz CT molecular complexity index is 670. The van der Waals surface area contributed by atoms with Gasteiger partial charge in [0.1, 0.15) is 5.75 Å². The summed E-state index contributed by atoms with van der Waals surface area (Å²) in [6.45, 7) is 0. The van der Waals surface area contributed by atoms with Gasteiger partial charge in [-0.2, -0.15) is 5.26 Å². The summed E-state index contributed by atoms with van der Waals surface area (Å²) in [4.78, 5) is 0. The van der Waals surface area contributed by atoms with Crippen LogP contribution in [-0.2, 0) is 0 Å². The van der Waals surface area contributed by atoms with Crippen molar-refractivity contribution in [1.29, 1.82) is 5.26 Å². The summed E-state index contributed by atoms with van der Waals surface area (Å²) < 4.78 is 5.38.